The number of anilines is 1. The molecule has 1 aromatic heterocycles. The van der Waals surface area contributed by atoms with E-state index in [-0.39, 0.29) is 12.1 Å². The molecule has 2 amide bonds. The summed E-state index contributed by atoms with van der Waals surface area (Å²) in [6, 6.07) is 11.6. The Morgan fingerprint density at radius 1 is 1.16 bits per heavy atom. The molecule has 25 heavy (non-hydrogen) atoms. The largest absolute Gasteiger partial charge is 0.481 e. The normalized spacial score (nSPS) is 15.6. The van der Waals surface area contributed by atoms with Crippen LogP contribution < -0.4 is 15.0 Å². The minimum absolute atomic E-state index is 0.0200. The van der Waals surface area contributed by atoms with Crippen molar-refractivity contribution in [2.75, 3.05) is 38.2 Å². The van der Waals surface area contributed by atoms with Gasteiger partial charge in [-0.15, -0.1) is 0 Å². The lowest BCUT2D eigenvalue weighted by atomic mass is 10.1. The van der Waals surface area contributed by atoms with Crippen molar-refractivity contribution in [3.63, 3.8) is 0 Å². The number of hydrogen-bond acceptors (Lipinski definition) is 5. The number of hydrogen-bond donors (Lipinski definition) is 1. The first-order valence-electron chi connectivity index (χ1n) is 8.40. The predicted octanol–water partition coefficient (Wildman–Crippen LogP) is 2.08. The molecule has 1 atom stereocenters. The number of benzene rings is 1. The third-order valence-electron chi connectivity index (χ3n) is 4.32. The van der Waals surface area contributed by atoms with Crippen LogP contribution in [-0.4, -0.2) is 54.2 Å². The zero-order valence-corrected chi connectivity index (χ0v) is 14.6. The second-order valence-corrected chi connectivity index (χ2v) is 5.95. The number of carbonyl (C=O) groups is 1. The molecule has 2 heterocycles. The summed E-state index contributed by atoms with van der Waals surface area (Å²) in [6.45, 7) is 4.65. The van der Waals surface area contributed by atoms with Crippen molar-refractivity contribution >= 4 is 12.0 Å². The lowest BCUT2D eigenvalue weighted by Crippen LogP contribution is -2.52. The summed E-state index contributed by atoms with van der Waals surface area (Å²) < 4.78 is 5.14. The molecule has 7 nitrogen and oxygen atoms in total. The highest BCUT2D eigenvalue weighted by atomic mass is 16.5. The average molecular weight is 341 g/mol. The maximum absolute atomic E-state index is 12.5. The van der Waals surface area contributed by atoms with E-state index in [0.29, 0.717) is 38.0 Å². The third-order valence-corrected chi connectivity index (χ3v) is 4.32. The number of amides is 2. The second kappa shape index (κ2) is 7.83. The smallest absolute Gasteiger partial charge is 0.317 e. The summed E-state index contributed by atoms with van der Waals surface area (Å²) in [5.74, 6) is 1.18. The van der Waals surface area contributed by atoms with Gasteiger partial charge in [0.2, 0.25) is 11.8 Å². The molecule has 1 aliphatic rings. The van der Waals surface area contributed by atoms with Crippen LogP contribution >= 0.6 is 0 Å². The maximum Gasteiger partial charge on any atom is 0.317 e. The van der Waals surface area contributed by atoms with Crippen molar-refractivity contribution in [2.45, 2.75) is 13.0 Å². The Labute approximate surface area is 147 Å². The monoisotopic (exact) mass is 341 g/mol. The minimum Gasteiger partial charge on any atom is -0.481 e. The first-order valence-corrected chi connectivity index (χ1v) is 8.40. The van der Waals surface area contributed by atoms with Crippen LogP contribution in [-0.2, 0) is 0 Å². The second-order valence-electron chi connectivity index (χ2n) is 5.95. The summed E-state index contributed by atoms with van der Waals surface area (Å²) in [7, 11) is 1.59. The van der Waals surface area contributed by atoms with E-state index < -0.39 is 0 Å². The number of aromatic nitrogens is 2. The number of piperazine rings is 1. The maximum atomic E-state index is 12.5. The van der Waals surface area contributed by atoms with Crippen molar-refractivity contribution in [2.24, 2.45) is 0 Å². The Balaban J connectivity index is 1.54. The van der Waals surface area contributed by atoms with Crippen molar-refractivity contribution in [3.05, 3.63) is 48.2 Å². The van der Waals surface area contributed by atoms with Crippen molar-refractivity contribution in [3.8, 4) is 5.88 Å². The van der Waals surface area contributed by atoms with Gasteiger partial charge in [0.1, 0.15) is 0 Å². The van der Waals surface area contributed by atoms with Gasteiger partial charge in [-0.05, 0) is 12.5 Å². The molecule has 3 rings (SSSR count). The quantitative estimate of drug-likeness (QED) is 0.922. The fraction of sp³-hybridized carbons (Fsp3) is 0.389. The molecular formula is C18H23N5O2. The van der Waals surface area contributed by atoms with Gasteiger partial charge in [-0.2, -0.15) is 4.98 Å². The molecule has 0 aliphatic carbocycles. The summed E-state index contributed by atoms with van der Waals surface area (Å²) in [5, 5.41) is 3.06. The lowest BCUT2D eigenvalue weighted by Gasteiger charge is -2.35. The number of urea groups is 1. The van der Waals surface area contributed by atoms with Crippen molar-refractivity contribution in [1.82, 2.24) is 20.2 Å². The van der Waals surface area contributed by atoms with E-state index in [0.717, 1.165) is 5.56 Å². The molecule has 132 valence electrons. The molecule has 0 spiro atoms. The highest BCUT2D eigenvalue weighted by molar-refractivity contribution is 5.75. The fourth-order valence-electron chi connectivity index (χ4n) is 2.81. The molecule has 7 heteroatoms. The van der Waals surface area contributed by atoms with E-state index in [1.54, 1.807) is 19.4 Å². The van der Waals surface area contributed by atoms with Gasteiger partial charge in [0.25, 0.3) is 0 Å². The van der Waals surface area contributed by atoms with Crippen LogP contribution in [0.4, 0.5) is 10.7 Å². The average Bonchev–Trinajstić information content (AvgIpc) is 2.68. The molecule has 1 N–H and O–H groups in total. The Kier molecular flexibility index (Phi) is 5.33. The van der Waals surface area contributed by atoms with Crippen LogP contribution in [0.2, 0.25) is 0 Å². The van der Waals surface area contributed by atoms with Crippen LogP contribution in [0, 0.1) is 0 Å². The van der Waals surface area contributed by atoms with E-state index in [4.69, 9.17) is 4.74 Å². The molecule has 0 bridgehead atoms. The highest BCUT2D eigenvalue weighted by Gasteiger charge is 2.23. The van der Waals surface area contributed by atoms with Crippen LogP contribution in [0.15, 0.2) is 42.6 Å². The Morgan fingerprint density at radius 3 is 2.56 bits per heavy atom. The molecule has 2 aromatic rings. The van der Waals surface area contributed by atoms with E-state index >= 15 is 0 Å². The molecule has 0 unspecified atom stereocenters. The molecule has 1 aromatic carbocycles. The zero-order chi connectivity index (χ0) is 17.6. The molecule has 1 aliphatic heterocycles. The third kappa shape index (κ3) is 4.17. The highest BCUT2D eigenvalue weighted by Crippen LogP contribution is 2.16. The predicted molar refractivity (Wildman–Crippen MR) is 95.8 cm³/mol. The van der Waals surface area contributed by atoms with E-state index in [1.807, 2.05) is 42.2 Å². The summed E-state index contributed by atoms with van der Waals surface area (Å²) in [4.78, 5) is 25.0. The first-order chi connectivity index (χ1) is 12.2. The Morgan fingerprint density at radius 2 is 1.88 bits per heavy atom. The van der Waals surface area contributed by atoms with E-state index in [2.05, 4.69) is 20.2 Å². The topological polar surface area (TPSA) is 70.6 Å². The zero-order valence-electron chi connectivity index (χ0n) is 14.6. The van der Waals surface area contributed by atoms with Gasteiger partial charge in [-0.3, -0.25) is 0 Å². The Hall–Kier alpha value is -2.83. The molecule has 1 saturated heterocycles. The van der Waals surface area contributed by atoms with Gasteiger partial charge >= 0.3 is 6.03 Å². The van der Waals surface area contributed by atoms with Crippen LogP contribution in [0.5, 0.6) is 5.88 Å². The standard InChI is InChI=1S/C18H23N5O2/c1-14(15-6-4-3-5-7-15)20-18(24)23-12-10-22(11-13-23)17-19-9-8-16(21-17)25-2/h3-9,14H,10-13H2,1-2H3,(H,20,24)/t14-/m1/s1. The van der Waals surface area contributed by atoms with Gasteiger partial charge in [-0.1, -0.05) is 30.3 Å². The van der Waals surface area contributed by atoms with Gasteiger partial charge in [0.15, 0.2) is 0 Å². The van der Waals surface area contributed by atoms with Crippen LogP contribution in [0.25, 0.3) is 0 Å². The number of rotatable bonds is 4. The van der Waals surface area contributed by atoms with E-state index in [9.17, 15) is 4.79 Å². The van der Waals surface area contributed by atoms with Crippen LogP contribution in [0.1, 0.15) is 18.5 Å². The lowest BCUT2D eigenvalue weighted by molar-refractivity contribution is 0.191. The van der Waals surface area contributed by atoms with Crippen LogP contribution in [0.3, 0.4) is 0 Å². The number of ether oxygens (including phenoxy) is 1. The minimum atomic E-state index is -0.0393. The van der Waals surface area contributed by atoms with Crippen molar-refractivity contribution in [1.29, 1.82) is 0 Å². The first kappa shape index (κ1) is 17.0. The van der Waals surface area contributed by atoms with Gasteiger partial charge in [0, 0.05) is 38.4 Å². The van der Waals surface area contributed by atoms with Gasteiger partial charge in [0.05, 0.1) is 13.2 Å². The SMILES string of the molecule is COc1ccnc(N2CCN(C(=O)N[C@H](C)c3ccccc3)CC2)n1. The number of nitrogens with zero attached hydrogens (tertiary/aromatic N) is 4. The van der Waals surface area contributed by atoms with E-state index in [1.165, 1.54) is 0 Å². The van der Waals surface area contributed by atoms with Gasteiger partial charge < -0.3 is 19.9 Å². The molecule has 0 saturated carbocycles. The fourth-order valence-corrected chi connectivity index (χ4v) is 2.81. The number of methoxy groups -OCH3 is 1. The summed E-state index contributed by atoms with van der Waals surface area (Å²) in [6.07, 6.45) is 1.68. The number of nitrogens with one attached hydrogen (secondary N) is 1. The summed E-state index contributed by atoms with van der Waals surface area (Å²) >= 11 is 0. The van der Waals surface area contributed by atoms with Gasteiger partial charge in [-0.25, -0.2) is 9.78 Å². The summed E-state index contributed by atoms with van der Waals surface area (Å²) in [5.41, 5.74) is 1.10. The molecule has 0 radical (unpaired) electrons. The molecule has 1 fully saturated rings. The number of carbonyl (C=O) groups excluding carboxylic acids is 1. The van der Waals surface area contributed by atoms with Crippen molar-refractivity contribution < 1.29 is 9.53 Å². The Bertz CT molecular complexity index is 702. The molecular weight excluding hydrogens is 318 g/mol.